The summed E-state index contributed by atoms with van der Waals surface area (Å²) >= 11 is 10.3. The summed E-state index contributed by atoms with van der Waals surface area (Å²) in [6, 6.07) is 9.70. The van der Waals surface area contributed by atoms with Crippen LogP contribution in [0.25, 0.3) is 0 Å². The van der Waals surface area contributed by atoms with Gasteiger partial charge in [0.05, 0.1) is 22.4 Å². The molecule has 1 heterocycles. The van der Waals surface area contributed by atoms with E-state index in [1.165, 1.54) is 11.0 Å². The summed E-state index contributed by atoms with van der Waals surface area (Å²) in [5.41, 5.74) is 6.91. The van der Waals surface area contributed by atoms with Crippen LogP contribution < -0.4 is 11.1 Å². The molecule has 1 fully saturated rings. The van der Waals surface area contributed by atoms with Gasteiger partial charge in [0.15, 0.2) is 0 Å². The Kier molecular flexibility index (Phi) is 6.36. The number of nitrogens with zero attached hydrogens (tertiary/aromatic N) is 1. The molecule has 162 valence electrons. The molecule has 2 aromatic carbocycles. The van der Waals surface area contributed by atoms with Crippen LogP contribution in [0.2, 0.25) is 5.02 Å². The fourth-order valence-electron chi connectivity index (χ4n) is 4.39. The number of anilines is 1. The molecule has 6 nitrogen and oxygen atoms in total. The molecule has 1 aliphatic carbocycles. The number of hydrogen-bond acceptors (Lipinski definition) is 5. The zero-order chi connectivity index (χ0) is 22.1. The van der Waals surface area contributed by atoms with E-state index in [4.69, 9.17) is 17.3 Å². The second-order valence-electron chi connectivity index (χ2n) is 8.19. The molecule has 1 aliphatic heterocycles. The molecule has 1 saturated carbocycles. The van der Waals surface area contributed by atoms with E-state index in [2.05, 4.69) is 17.9 Å². The lowest BCUT2D eigenvalue weighted by Gasteiger charge is -2.29. The molecule has 0 unspecified atom stereocenters. The van der Waals surface area contributed by atoms with Crippen LogP contribution in [0.1, 0.15) is 56.8 Å². The Morgan fingerprint density at radius 2 is 1.81 bits per heavy atom. The van der Waals surface area contributed by atoms with Gasteiger partial charge in [-0.15, -0.1) is 12.6 Å². The second-order valence-corrected chi connectivity index (χ2v) is 9.11. The maximum absolute atomic E-state index is 13.2. The molecule has 0 radical (unpaired) electrons. The number of nitrogens with two attached hydrogens (primary N) is 1. The van der Waals surface area contributed by atoms with Crippen LogP contribution in [-0.4, -0.2) is 35.7 Å². The first kappa shape index (κ1) is 21.9. The molecule has 2 aliphatic rings. The van der Waals surface area contributed by atoms with E-state index in [0.717, 1.165) is 25.7 Å². The lowest BCUT2D eigenvalue weighted by molar-refractivity contribution is 0.0611. The third-order valence-electron chi connectivity index (χ3n) is 6.19. The Balaban J connectivity index is 1.54. The lowest BCUT2D eigenvalue weighted by atomic mass is 9.82. The number of rotatable bonds is 5. The highest BCUT2D eigenvalue weighted by molar-refractivity contribution is 7.80. The van der Waals surface area contributed by atoms with E-state index in [0.29, 0.717) is 45.7 Å². The van der Waals surface area contributed by atoms with Crippen molar-refractivity contribution in [1.82, 2.24) is 4.90 Å². The molecular weight excluding hydrogens is 434 g/mol. The molecule has 3 N–H and O–H groups in total. The number of thiol groups is 1. The normalized spacial score (nSPS) is 20.7. The van der Waals surface area contributed by atoms with E-state index in [1.807, 2.05) is 0 Å². The van der Waals surface area contributed by atoms with Crippen molar-refractivity contribution < 1.29 is 14.4 Å². The van der Waals surface area contributed by atoms with Gasteiger partial charge in [0.1, 0.15) is 0 Å². The molecule has 3 amide bonds. The second kappa shape index (κ2) is 9.02. The summed E-state index contributed by atoms with van der Waals surface area (Å²) in [5, 5.41) is 3.16. The SMILES string of the molecule is NCC1CCC(CN2C(=O)c3cccc(NC(=O)c4cc(Cl)ccc4S)c3C2=O)CC1. The van der Waals surface area contributed by atoms with Gasteiger partial charge >= 0.3 is 0 Å². The van der Waals surface area contributed by atoms with Gasteiger partial charge < -0.3 is 11.1 Å². The molecule has 0 saturated heterocycles. The molecule has 0 spiro atoms. The van der Waals surface area contributed by atoms with Gasteiger partial charge in [-0.3, -0.25) is 19.3 Å². The van der Waals surface area contributed by atoms with Crippen LogP contribution in [0.5, 0.6) is 0 Å². The van der Waals surface area contributed by atoms with Crippen molar-refractivity contribution in [3.8, 4) is 0 Å². The largest absolute Gasteiger partial charge is 0.330 e. The number of amides is 3. The average molecular weight is 458 g/mol. The van der Waals surface area contributed by atoms with Crippen molar-refractivity contribution in [1.29, 1.82) is 0 Å². The summed E-state index contributed by atoms with van der Waals surface area (Å²) in [6.07, 6.45) is 3.96. The Morgan fingerprint density at radius 1 is 1.10 bits per heavy atom. The van der Waals surface area contributed by atoms with Crippen LogP contribution >= 0.6 is 24.2 Å². The number of imide groups is 1. The van der Waals surface area contributed by atoms with Crippen LogP contribution in [0.4, 0.5) is 5.69 Å². The number of hydrogen-bond donors (Lipinski definition) is 3. The number of fused-ring (bicyclic) bond motifs is 1. The Bertz CT molecular complexity index is 1050. The van der Waals surface area contributed by atoms with Crippen molar-refractivity contribution >= 4 is 47.6 Å². The predicted octanol–water partition coefficient (Wildman–Crippen LogP) is 4.24. The maximum atomic E-state index is 13.2. The topological polar surface area (TPSA) is 92.5 Å². The molecule has 2 aromatic rings. The highest BCUT2D eigenvalue weighted by Gasteiger charge is 2.39. The third kappa shape index (κ3) is 4.35. The summed E-state index contributed by atoms with van der Waals surface area (Å²) in [4.78, 5) is 40.7. The van der Waals surface area contributed by atoms with Gasteiger partial charge in [-0.1, -0.05) is 17.7 Å². The summed E-state index contributed by atoms with van der Waals surface area (Å²) < 4.78 is 0. The van der Waals surface area contributed by atoms with Crippen molar-refractivity contribution in [2.24, 2.45) is 17.6 Å². The summed E-state index contributed by atoms with van der Waals surface area (Å²) in [6.45, 7) is 1.08. The van der Waals surface area contributed by atoms with E-state index >= 15 is 0 Å². The van der Waals surface area contributed by atoms with Crippen LogP contribution in [-0.2, 0) is 0 Å². The van der Waals surface area contributed by atoms with Crippen molar-refractivity contribution in [3.63, 3.8) is 0 Å². The molecule has 8 heteroatoms. The van der Waals surface area contributed by atoms with Crippen molar-refractivity contribution in [2.45, 2.75) is 30.6 Å². The monoisotopic (exact) mass is 457 g/mol. The lowest BCUT2D eigenvalue weighted by Crippen LogP contribution is -2.36. The van der Waals surface area contributed by atoms with Crippen LogP contribution in [0.3, 0.4) is 0 Å². The third-order valence-corrected chi connectivity index (χ3v) is 6.82. The summed E-state index contributed by atoms with van der Waals surface area (Å²) in [5.74, 6) is -0.312. The zero-order valence-electron chi connectivity index (χ0n) is 16.9. The Morgan fingerprint density at radius 3 is 2.52 bits per heavy atom. The number of carbonyl (C=O) groups excluding carboxylic acids is 3. The van der Waals surface area contributed by atoms with Crippen LogP contribution in [0, 0.1) is 11.8 Å². The number of carbonyl (C=O) groups is 3. The molecule has 31 heavy (non-hydrogen) atoms. The average Bonchev–Trinajstić information content (AvgIpc) is 3.01. The molecule has 0 atom stereocenters. The fraction of sp³-hybridized carbons (Fsp3) is 0.348. The molecule has 4 rings (SSSR count). The van der Waals surface area contributed by atoms with Gasteiger partial charge in [0.2, 0.25) is 0 Å². The maximum Gasteiger partial charge on any atom is 0.263 e. The molecule has 0 aromatic heterocycles. The minimum Gasteiger partial charge on any atom is -0.330 e. The van der Waals surface area contributed by atoms with Gasteiger partial charge in [0, 0.05) is 16.5 Å². The minimum absolute atomic E-state index is 0.235. The van der Waals surface area contributed by atoms with Gasteiger partial charge in [-0.2, -0.15) is 0 Å². The highest BCUT2D eigenvalue weighted by atomic mass is 35.5. The first-order chi connectivity index (χ1) is 14.9. The number of benzene rings is 2. The van der Waals surface area contributed by atoms with Gasteiger partial charge in [-0.25, -0.2) is 0 Å². The quantitative estimate of drug-likeness (QED) is 0.462. The van der Waals surface area contributed by atoms with E-state index in [9.17, 15) is 14.4 Å². The smallest absolute Gasteiger partial charge is 0.263 e. The van der Waals surface area contributed by atoms with Crippen LogP contribution in [0.15, 0.2) is 41.3 Å². The van der Waals surface area contributed by atoms with E-state index in [1.54, 1.807) is 30.3 Å². The minimum atomic E-state index is -0.445. The van der Waals surface area contributed by atoms with Gasteiger partial charge in [-0.05, 0) is 74.4 Å². The zero-order valence-corrected chi connectivity index (χ0v) is 18.6. The standard InChI is InChI=1S/C23H24ClN3O3S/c24-15-8-9-19(31)17(10-15)21(28)26-18-3-1-2-16-20(18)23(30)27(22(16)29)12-14-6-4-13(11-25)5-7-14/h1-3,8-10,13-14,31H,4-7,11-12,25H2,(H,26,28). The summed E-state index contributed by atoms with van der Waals surface area (Å²) in [7, 11) is 0. The Hall–Kier alpha value is -2.35. The Labute approximate surface area is 191 Å². The van der Waals surface area contributed by atoms with E-state index in [-0.39, 0.29) is 23.3 Å². The van der Waals surface area contributed by atoms with E-state index < -0.39 is 5.91 Å². The van der Waals surface area contributed by atoms with Crippen molar-refractivity contribution in [3.05, 3.63) is 58.1 Å². The highest BCUT2D eigenvalue weighted by Crippen LogP contribution is 2.34. The predicted molar refractivity (Wildman–Crippen MR) is 123 cm³/mol. The number of halogens is 1. The molecule has 0 bridgehead atoms. The first-order valence-electron chi connectivity index (χ1n) is 10.4. The van der Waals surface area contributed by atoms with Crippen molar-refractivity contribution in [2.75, 3.05) is 18.4 Å². The number of nitrogens with one attached hydrogen (secondary N) is 1. The fourth-order valence-corrected chi connectivity index (χ4v) is 4.80. The van der Waals surface area contributed by atoms with Gasteiger partial charge in [0.25, 0.3) is 17.7 Å². The first-order valence-corrected chi connectivity index (χ1v) is 11.2. The molecular formula is C23H24ClN3O3S.